The minimum absolute atomic E-state index is 0.0462. The van der Waals surface area contributed by atoms with E-state index in [0.717, 1.165) is 6.20 Å². The second kappa shape index (κ2) is 4.97. The van der Waals surface area contributed by atoms with Crippen LogP contribution in [0.4, 0.5) is 5.69 Å². The fourth-order valence-electron chi connectivity index (χ4n) is 1.41. The SMILES string of the molecule is O=C(Cn1cc([N+](=O)[O-])cn1)c1ccc(Cl)cc1. The van der Waals surface area contributed by atoms with Crippen LogP contribution in [0, 0.1) is 10.1 Å². The Hall–Kier alpha value is -2.21. The molecule has 1 heterocycles. The van der Waals surface area contributed by atoms with Crippen molar-refractivity contribution in [2.75, 3.05) is 0 Å². The topological polar surface area (TPSA) is 78.0 Å². The normalized spacial score (nSPS) is 10.3. The van der Waals surface area contributed by atoms with Gasteiger partial charge in [-0.1, -0.05) is 11.6 Å². The summed E-state index contributed by atoms with van der Waals surface area (Å²) in [6.07, 6.45) is 2.32. The predicted octanol–water partition coefficient (Wildman–Crippen LogP) is 2.33. The molecule has 1 aromatic heterocycles. The number of rotatable bonds is 4. The predicted molar refractivity (Wildman–Crippen MR) is 64.7 cm³/mol. The highest BCUT2D eigenvalue weighted by Crippen LogP contribution is 2.12. The summed E-state index contributed by atoms with van der Waals surface area (Å²) < 4.78 is 1.23. The number of aromatic nitrogens is 2. The first kappa shape index (κ1) is 12.3. The second-order valence-electron chi connectivity index (χ2n) is 3.58. The lowest BCUT2D eigenvalue weighted by Gasteiger charge is -2.00. The first-order chi connectivity index (χ1) is 8.56. The smallest absolute Gasteiger partial charge is 0.292 e. The molecule has 0 unspecified atom stereocenters. The molecule has 0 aliphatic heterocycles. The average molecular weight is 266 g/mol. The van der Waals surface area contributed by atoms with Crippen molar-refractivity contribution in [3.05, 3.63) is 57.4 Å². The Bertz CT molecular complexity index is 592. The van der Waals surface area contributed by atoms with Crippen LogP contribution in [0.2, 0.25) is 5.02 Å². The van der Waals surface area contributed by atoms with Crippen molar-refractivity contribution in [2.24, 2.45) is 0 Å². The van der Waals surface area contributed by atoms with E-state index in [4.69, 9.17) is 11.6 Å². The molecule has 0 atom stereocenters. The van der Waals surface area contributed by atoms with Gasteiger partial charge in [0.25, 0.3) is 0 Å². The molecule has 6 nitrogen and oxygen atoms in total. The van der Waals surface area contributed by atoms with Crippen LogP contribution in [-0.4, -0.2) is 20.5 Å². The Balaban J connectivity index is 2.11. The Morgan fingerprint density at radius 3 is 2.61 bits per heavy atom. The minimum atomic E-state index is -0.559. The van der Waals surface area contributed by atoms with Crippen LogP contribution in [0.25, 0.3) is 0 Å². The molecule has 18 heavy (non-hydrogen) atoms. The average Bonchev–Trinajstić information content (AvgIpc) is 2.78. The van der Waals surface area contributed by atoms with E-state index in [1.807, 2.05) is 0 Å². The van der Waals surface area contributed by atoms with Crippen molar-refractivity contribution in [1.82, 2.24) is 9.78 Å². The van der Waals surface area contributed by atoms with Gasteiger partial charge in [-0.05, 0) is 24.3 Å². The summed E-state index contributed by atoms with van der Waals surface area (Å²) in [5, 5.41) is 14.8. The first-order valence-electron chi connectivity index (χ1n) is 5.02. The quantitative estimate of drug-likeness (QED) is 0.483. The molecule has 92 valence electrons. The van der Waals surface area contributed by atoms with Crippen molar-refractivity contribution >= 4 is 23.1 Å². The van der Waals surface area contributed by atoms with Crippen molar-refractivity contribution < 1.29 is 9.72 Å². The van der Waals surface area contributed by atoms with Gasteiger partial charge in [0.15, 0.2) is 5.78 Å². The van der Waals surface area contributed by atoms with Crippen LogP contribution in [-0.2, 0) is 6.54 Å². The number of hydrogen-bond donors (Lipinski definition) is 0. The van der Waals surface area contributed by atoms with Gasteiger partial charge < -0.3 is 0 Å². The van der Waals surface area contributed by atoms with Crippen LogP contribution >= 0.6 is 11.6 Å². The highest BCUT2D eigenvalue weighted by molar-refractivity contribution is 6.30. The van der Waals surface area contributed by atoms with Gasteiger partial charge in [-0.15, -0.1) is 0 Å². The molecule has 0 aliphatic rings. The lowest BCUT2D eigenvalue weighted by Crippen LogP contribution is -2.10. The number of carbonyl (C=O) groups excluding carboxylic acids is 1. The van der Waals surface area contributed by atoms with Gasteiger partial charge >= 0.3 is 5.69 Å². The van der Waals surface area contributed by atoms with E-state index in [9.17, 15) is 14.9 Å². The van der Waals surface area contributed by atoms with E-state index in [2.05, 4.69) is 5.10 Å². The van der Waals surface area contributed by atoms with Gasteiger partial charge in [0.1, 0.15) is 18.9 Å². The summed E-state index contributed by atoms with van der Waals surface area (Å²) >= 11 is 5.71. The second-order valence-corrected chi connectivity index (χ2v) is 4.02. The largest absolute Gasteiger partial charge is 0.307 e. The van der Waals surface area contributed by atoms with Gasteiger partial charge in [-0.25, -0.2) is 0 Å². The number of benzene rings is 1. The maximum absolute atomic E-state index is 11.8. The molecule has 0 N–H and O–H groups in total. The molecule has 0 amide bonds. The number of halogens is 1. The highest BCUT2D eigenvalue weighted by atomic mass is 35.5. The zero-order chi connectivity index (χ0) is 13.1. The summed E-state index contributed by atoms with van der Waals surface area (Å²) in [4.78, 5) is 21.7. The zero-order valence-corrected chi connectivity index (χ0v) is 9.87. The molecule has 0 fully saturated rings. The lowest BCUT2D eigenvalue weighted by atomic mass is 10.1. The van der Waals surface area contributed by atoms with Crippen LogP contribution in [0.3, 0.4) is 0 Å². The Kier molecular flexibility index (Phi) is 3.38. The number of Topliss-reactive ketones (excluding diaryl/α,β-unsaturated/α-hetero) is 1. The Morgan fingerprint density at radius 1 is 1.39 bits per heavy atom. The molecule has 1 aromatic carbocycles. The molecule has 2 aromatic rings. The Morgan fingerprint density at radius 2 is 2.06 bits per heavy atom. The fourth-order valence-corrected chi connectivity index (χ4v) is 1.53. The number of ketones is 1. The van der Waals surface area contributed by atoms with Crippen molar-refractivity contribution in [2.45, 2.75) is 6.54 Å². The van der Waals surface area contributed by atoms with Crippen molar-refractivity contribution in [3.63, 3.8) is 0 Å². The highest BCUT2D eigenvalue weighted by Gasteiger charge is 2.12. The molecule has 2 rings (SSSR count). The van der Waals surface area contributed by atoms with Crippen LogP contribution < -0.4 is 0 Å². The number of nitrogens with zero attached hydrogens (tertiary/aromatic N) is 3. The molecule has 0 spiro atoms. The lowest BCUT2D eigenvalue weighted by molar-refractivity contribution is -0.385. The molecule has 0 aliphatic carbocycles. The van der Waals surface area contributed by atoms with Crippen molar-refractivity contribution in [1.29, 1.82) is 0 Å². The van der Waals surface area contributed by atoms with Gasteiger partial charge in [0, 0.05) is 10.6 Å². The number of carbonyl (C=O) groups is 1. The minimum Gasteiger partial charge on any atom is -0.292 e. The molecule has 0 radical (unpaired) electrons. The molecular weight excluding hydrogens is 258 g/mol. The maximum atomic E-state index is 11.8. The number of hydrogen-bond acceptors (Lipinski definition) is 4. The van der Waals surface area contributed by atoms with E-state index >= 15 is 0 Å². The third-order valence-electron chi connectivity index (χ3n) is 2.30. The van der Waals surface area contributed by atoms with E-state index in [1.54, 1.807) is 24.3 Å². The van der Waals surface area contributed by atoms with Crippen LogP contribution in [0.15, 0.2) is 36.7 Å². The fraction of sp³-hybridized carbons (Fsp3) is 0.0909. The summed E-state index contributed by atoms with van der Waals surface area (Å²) in [7, 11) is 0. The summed E-state index contributed by atoms with van der Waals surface area (Å²) in [5.74, 6) is -0.190. The van der Waals surface area contributed by atoms with E-state index in [0.29, 0.717) is 10.6 Å². The summed E-state index contributed by atoms with van der Waals surface area (Å²) in [5.41, 5.74) is 0.344. The summed E-state index contributed by atoms with van der Waals surface area (Å²) in [6.45, 7) is -0.0462. The number of nitro groups is 1. The monoisotopic (exact) mass is 265 g/mol. The van der Waals surface area contributed by atoms with Crippen LogP contribution in [0.1, 0.15) is 10.4 Å². The third kappa shape index (κ3) is 2.72. The summed E-state index contributed by atoms with van der Waals surface area (Å²) in [6, 6.07) is 6.42. The standard InChI is InChI=1S/C11H8ClN3O3/c12-9-3-1-8(2-4-9)11(16)7-14-6-10(5-13-14)15(17)18/h1-6H,7H2. The van der Waals surface area contributed by atoms with E-state index in [1.165, 1.54) is 10.9 Å². The maximum Gasteiger partial charge on any atom is 0.307 e. The van der Waals surface area contributed by atoms with E-state index < -0.39 is 4.92 Å². The molecule has 7 heteroatoms. The van der Waals surface area contributed by atoms with Gasteiger partial charge in [0.2, 0.25) is 0 Å². The molecule has 0 saturated carbocycles. The molecular formula is C11H8ClN3O3. The Labute approximate surface area is 107 Å². The van der Waals surface area contributed by atoms with Gasteiger partial charge in [-0.2, -0.15) is 5.10 Å². The van der Waals surface area contributed by atoms with E-state index in [-0.39, 0.29) is 18.0 Å². The third-order valence-corrected chi connectivity index (χ3v) is 2.55. The molecule has 0 bridgehead atoms. The van der Waals surface area contributed by atoms with Gasteiger partial charge in [0.05, 0.1) is 4.92 Å². The van der Waals surface area contributed by atoms with Gasteiger partial charge in [-0.3, -0.25) is 19.6 Å². The van der Waals surface area contributed by atoms with Crippen LogP contribution in [0.5, 0.6) is 0 Å². The molecule has 0 saturated heterocycles. The zero-order valence-electron chi connectivity index (χ0n) is 9.12. The van der Waals surface area contributed by atoms with Crippen molar-refractivity contribution in [3.8, 4) is 0 Å². The first-order valence-corrected chi connectivity index (χ1v) is 5.39.